The van der Waals surface area contributed by atoms with Crippen LogP contribution in [-0.4, -0.2) is 56.8 Å². The second-order valence-corrected chi connectivity index (χ2v) is 14.6. The SMILES string of the molecule is CON=c1nc[nH]c2c1ccn2[C@@H]1O[C@H](COc2ccc3ccc(NC(c4ccccc4)(c4ccccc4)c4ccccc4)nc3c2)[C@@]2(C)OC(C)(C)O[C@@H]12. The Morgan fingerprint density at radius 1 is 0.855 bits per heavy atom. The highest BCUT2D eigenvalue weighted by Crippen LogP contribution is 2.51. The van der Waals surface area contributed by atoms with Gasteiger partial charge in [-0.25, -0.2) is 9.97 Å². The maximum Gasteiger partial charge on any atom is 0.203 e. The first kappa shape index (κ1) is 34.7. The third-order valence-corrected chi connectivity index (χ3v) is 10.6. The maximum absolute atomic E-state index is 6.75. The Balaban J connectivity index is 1.02. The number of fused-ring (bicyclic) bond motifs is 3. The van der Waals surface area contributed by atoms with Crippen molar-refractivity contribution < 1.29 is 23.8 Å². The molecule has 0 unspecified atom stereocenters. The number of aromatic amines is 1. The van der Waals surface area contributed by atoms with Crippen molar-refractivity contribution in [3.05, 3.63) is 162 Å². The maximum atomic E-state index is 6.75. The van der Waals surface area contributed by atoms with E-state index in [2.05, 4.69) is 99.3 Å². The lowest BCUT2D eigenvalue weighted by Gasteiger charge is -2.37. The van der Waals surface area contributed by atoms with Crippen molar-refractivity contribution in [1.82, 2.24) is 19.5 Å². The van der Waals surface area contributed by atoms with Crippen molar-refractivity contribution in [3.8, 4) is 5.75 Å². The Hall–Kier alpha value is -6.01. The van der Waals surface area contributed by atoms with Crippen LogP contribution in [0.4, 0.5) is 5.82 Å². The molecule has 7 aromatic rings. The molecule has 2 saturated heterocycles. The number of nitrogens with one attached hydrogen (secondary N) is 2. The van der Waals surface area contributed by atoms with Crippen molar-refractivity contribution in [2.75, 3.05) is 19.0 Å². The van der Waals surface area contributed by atoms with Gasteiger partial charge in [0, 0.05) is 17.6 Å². The molecular formula is C44H42N6O5. The van der Waals surface area contributed by atoms with E-state index in [1.54, 1.807) is 6.33 Å². The predicted molar refractivity (Wildman–Crippen MR) is 209 cm³/mol. The third kappa shape index (κ3) is 6.10. The van der Waals surface area contributed by atoms with Crippen LogP contribution in [0.3, 0.4) is 0 Å². The van der Waals surface area contributed by atoms with E-state index in [0.717, 1.165) is 44.4 Å². The molecular weight excluding hydrogens is 693 g/mol. The molecule has 2 N–H and O–H groups in total. The number of ether oxygens (including phenoxy) is 4. The molecule has 11 heteroatoms. The standard InChI is InChI=1S/C44H42N6O5/c1-42(2)54-38-41(50-25-24-34-39(49-51-4)45-28-46-40(34)50)53-36(43(38,3)55-42)27-52-33-22-20-29-21-23-37(47-35(29)26-33)48-44(30-14-8-5-9-15-30,31-16-10-6-11-17-31)32-18-12-7-13-19-32/h5-26,28,36,38,41H,27H2,1-4H3,(H,47,48)(H,45,46,49)/t36-,38+,41-,43-/m1/s1. The van der Waals surface area contributed by atoms with E-state index in [1.807, 2.05) is 80.1 Å². The van der Waals surface area contributed by atoms with Gasteiger partial charge >= 0.3 is 0 Å². The first-order valence-electron chi connectivity index (χ1n) is 18.4. The van der Waals surface area contributed by atoms with Gasteiger partial charge in [-0.3, -0.25) is 0 Å². The van der Waals surface area contributed by atoms with Gasteiger partial charge in [0.05, 0.1) is 17.2 Å². The number of hydrogen-bond acceptors (Lipinski definition) is 9. The van der Waals surface area contributed by atoms with E-state index >= 15 is 0 Å². The minimum absolute atomic E-state index is 0.222. The normalized spacial score (nSPS) is 22.2. The molecule has 11 nitrogen and oxygen atoms in total. The molecule has 278 valence electrons. The number of aromatic nitrogens is 4. The molecule has 2 aliphatic heterocycles. The summed E-state index contributed by atoms with van der Waals surface area (Å²) in [6, 6.07) is 43.5. The second-order valence-electron chi connectivity index (χ2n) is 14.6. The quantitative estimate of drug-likeness (QED) is 0.109. The van der Waals surface area contributed by atoms with Gasteiger partial charge in [-0.05, 0) is 67.8 Å². The molecule has 2 fully saturated rings. The van der Waals surface area contributed by atoms with Crippen LogP contribution in [0.2, 0.25) is 0 Å². The van der Waals surface area contributed by atoms with E-state index in [9.17, 15) is 0 Å². The summed E-state index contributed by atoms with van der Waals surface area (Å²) in [4.78, 5) is 17.7. The van der Waals surface area contributed by atoms with Gasteiger partial charge in [0.2, 0.25) is 5.49 Å². The fourth-order valence-electron chi connectivity index (χ4n) is 8.19. The van der Waals surface area contributed by atoms with Crippen molar-refractivity contribution in [2.24, 2.45) is 5.16 Å². The van der Waals surface area contributed by atoms with Gasteiger partial charge in [-0.15, -0.1) is 0 Å². The average Bonchev–Trinajstić information content (AvgIpc) is 3.83. The molecule has 4 atom stereocenters. The van der Waals surface area contributed by atoms with Crippen LogP contribution < -0.4 is 15.5 Å². The Bertz CT molecular complexity index is 2430. The molecule has 9 rings (SSSR count). The number of rotatable bonds is 10. The van der Waals surface area contributed by atoms with Crippen molar-refractivity contribution >= 4 is 27.8 Å². The summed E-state index contributed by atoms with van der Waals surface area (Å²) in [5, 5.41) is 9.74. The molecule has 0 amide bonds. The lowest BCUT2D eigenvalue weighted by molar-refractivity contribution is -0.213. The summed E-state index contributed by atoms with van der Waals surface area (Å²) in [7, 11) is 1.50. The lowest BCUT2D eigenvalue weighted by atomic mass is 9.77. The lowest BCUT2D eigenvalue weighted by Crippen LogP contribution is -2.46. The minimum atomic E-state index is -0.824. The fourth-order valence-corrected chi connectivity index (χ4v) is 8.19. The van der Waals surface area contributed by atoms with Crippen LogP contribution in [0.1, 0.15) is 43.7 Å². The Kier molecular flexibility index (Phi) is 8.64. The second kappa shape index (κ2) is 13.7. The van der Waals surface area contributed by atoms with Gasteiger partial charge in [0.25, 0.3) is 0 Å². The molecule has 4 aromatic carbocycles. The van der Waals surface area contributed by atoms with Gasteiger partial charge in [-0.2, -0.15) is 0 Å². The molecule has 0 spiro atoms. The molecule has 3 aromatic heterocycles. The molecule has 0 aliphatic carbocycles. The van der Waals surface area contributed by atoms with E-state index in [-0.39, 0.29) is 6.61 Å². The summed E-state index contributed by atoms with van der Waals surface area (Å²) >= 11 is 0. The topological polar surface area (TPSA) is 117 Å². The number of nitrogens with zero attached hydrogens (tertiary/aromatic N) is 4. The number of H-pyrrole nitrogens is 1. The number of pyridine rings is 1. The zero-order valence-electron chi connectivity index (χ0n) is 31.0. The van der Waals surface area contributed by atoms with Crippen LogP contribution in [0, 0.1) is 0 Å². The van der Waals surface area contributed by atoms with E-state index in [0.29, 0.717) is 11.2 Å². The highest BCUT2D eigenvalue weighted by Gasteiger charge is 2.64. The van der Waals surface area contributed by atoms with Crippen molar-refractivity contribution in [1.29, 1.82) is 0 Å². The van der Waals surface area contributed by atoms with Gasteiger partial charge < -0.3 is 38.7 Å². The third-order valence-electron chi connectivity index (χ3n) is 10.6. The monoisotopic (exact) mass is 734 g/mol. The summed E-state index contributed by atoms with van der Waals surface area (Å²) in [6.07, 6.45) is 2.11. The van der Waals surface area contributed by atoms with E-state index < -0.39 is 35.4 Å². The van der Waals surface area contributed by atoms with Gasteiger partial charge in [-0.1, -0.05) is 96.2 Å². The van der Waals surface area contributed by atoms with Crippen molar-refractivity contribution in [3.63, 3.8) is 0 Å². The van der Waals surface area contributed by atoms with E-state index in [1.165, 1.54) is 7.11 Å². The Morgan fingerprint density at radius 2 is 1.51 bits per heavy atom. The molecule has 0 saturated carbocycles. The predicted octanol–water partition coefficient (Wildman–Crippen LogP) is 7.67. The summed E-state index contributed by atoms with van der Waals surface area (Å²) < 4.78 is 28.3. The molecule has 0 radical (unpaired) electrons. The van der Waals surface area contributed by atoms with Gasteiger partial charge in [0.1, 0.15) is 54.3 Å². The van der Waals surface area contributed by atoms with Crippen LogP contribution >= 0.6 is 0 Å². The first-order valence-corrected chi connectivity index (χ1v) is 18.4. The zero-order chi connectivity index (χ0) is 37.6. The molecule has 2 aliphatic rings. The Labute approximate surface area is 318 Å². The van der Waals surface area contributed by atoms with Crippen LogP contribution in [0.25, 0.3) is 21.9 Å². The molecule has 55 heavy (non-hydrogen) atoms. The summed E-state index contributed by atoms with van der Waals surface area (Å²) in [5.41, 5.74) is 3.81. The smallest absolute Gasteiger partial charge is 0.203 e. The number of hydrogen-bond donors (Lipinski definition) is 2. The molecule has 5 heterocycles. The van der Waals surface area contributed by atoms with Gasteiger partial charge in [0.15, 0.2) is 12.0 Å². The number of anilines is 1. The largest absolute Gasteiger partial charge is 0.491 e. The van der Waals surface area contributed by atoms with Crippen LogP contribution in [-0.2, 0) is 24.6 Å². The highest BCUT2D eigenvalue weighted by atomic mass is 16.8. The van der Waals surface area contributed by atoms with Crippen LogP contribution in [0.15, 0.2) is 145 Å². The minimum Gasteiger partial charge on any atom is -0.491 e. The average molecular weight is 735 g/mol. The number of benzene rings is 4. The van der Waals surface area contributed by atoms with Crippen molar-refractivity contribution in [2.45, 2.75) is 56.1 Å². The highest BCUT2D eigenvalue weighted by molar-refractivity contribution is 5.82. The van der Waals surface area contributed by atoms with E-state index in [4.69, 9.17) is 28.8 Å². The van der Waals surface area contributed by atoms with Crippen LogP contribution in [0.5, 0.6) is 5.75 Å². The fraction of sp³-hybridized carbons (Fsp3) is 0.250. The first-order chi connectivity index (χ1) is 26.8. The Morgan fingerprint density at radius 3 is 2.16 bits per heavy atom. The summed E-state index contributed by atoms with van der Waals surface area (Å²) in [6.45, 7) is 6.10. The zero-order valence-corrected chi connectivity index (χ0v) is 31.0. The molecule has 0 bridgehead atoms. The summed E-state index contributed by atoms with van der Waals surface area (Å²) in [5.74, 6) is 0.569.